The molecule has 118 valence electrons. The van der Waals surface area contributed by atoms with Gasteiger partial charge in [-0.1, -0.05) is 48.5 Å². The van der Waals surface area contributed by atoms with Crippen LogP contribution < -0.4 is 0 Å². The van der Waals surface area contributed by atoms with E-state index in [1.165, 1.54) is 38.9 Å². The van der Waals surface area contributed by atoms with Crippen LogP contribution in [0.15, 0.2) is 54.6 Å². The maximum absolute atomic E-state index is 9.17. The predicted octanol–water partition coefficient (Wildman–Crippen LogP) is 6.13. The Kier molecular flexibility index (Phi) is 4.23. The molecule has 1 heteroatoms. The first kappa shape index (κ1) is 16.0. The molecule has 0 amide bonds. The molecule has 3 aromatic carbocycles. The molecule has 24 heavy (non-hydrogen) atoms. The summed E-state index contributed by atoms with van der Waals surface area (Å²) in [4.78, 5) is 0. The standard InChI is InChI=1S/C23H21N/c1-15-6-5-7-22(16(15)2)19-8-10-20(11-9-19)23-13-12-21(14-24)17(3)18(23)4/h5-13H,1-4H3. The number of hydrogen-bond donors (Lipinski definition) is 0. The topological polar surface area (TPSA) is 23.8 Å². The van der Waals surface area contributed by atoms with Crippen LogP contribution >= 0.6 is 0 Å². The molecule has 0 fully saturated rings. The molecular formula is C23H21N. The van der Waals surface area contributed by atoms with Crippen molar-refractivity contribution < 1.29 is 0 Å². The van der Waals surface area contributed by atoms with E-state index < -0.39 is 0 Å². The summed E-state index contributed by atoms with van der Waals surface area (Å²) in [6.45, 7) is 8.43. The van der Waals surface area contributed by atoms with Gasteiger partial charge in [0.25, 0.3) is 0 Å². The van der Waals surface area contributed by atoms with Crippen molar-refractivity contribution in [1.82, 2.24) is 0 Å². The molecule has 3 aromatic rings. The average molecular weight is 311 g/mol. The monoisotopic (exact) mass is 311 g/mol. The van der Waals surface area contributed by atoms with Crippen molar-refractivity contribution >= 4 is 0 Å². The molecule has 0 aromatic heterocycles. The molecule has 0 saturated carbocycles. The van der Waals surface area contributed by atoms with Crippen LogP contribution in [0.3, 0.4) is 0 Å². The van der Waals surface area contributed by atoms with Crippen LogP contribution in [0.25, 0.3) is 22.3 Å². The van der Waals surface area contributed by atoms with Crippen molar-refractivity contribution in [3.05, 3.63) is 82.4 Å². The van der Waals surface area contributed by atoms with E-state index in [9.17, 15) is 0 Å². The van der Waals surface area contributed by atoms with Crippen LogP contribution in [-0.4, -0.2) is 0 Å². The highest BCUT2D eigenvalue weighted by Crippen LogP contribution is 2.31. The van der Waals surface area contributed by atoms with Gasteiger partial charge in [0.2, 0.25) is 0 Å². The third-order valence-corrected chi connectivity index (χ3v) is 5.02. The zero-order valence-corrected chi connectivity index (χ0v) is 14.6. The van der Waals surface area contributed by atoms with Crippen LogP contribution in [0.5, 0.6) is 0 Å². The molecule has 0 radical (unpaired) electrons. The van der Waals surface area contributed by atoms with E-state index in [0.717, 1.165) is 11.1 Å². The van der Waals surface area contributed by atoms with Gasteiger partial charge in [-0.15, -0.1) is 0 Å². The van der Waals surface area contributed by atoms with Gasteiger partial charge < -0.3 is 0 Å². The van der Waals surface area contributed by atoms with Crippen molar-refractivity contribution in [3.8, 4) is 28.3 Å². The second kappa shape index (κ2) is 6.34. The van der Waals surface area contributed by atoms with E-state index in [2.05, 4.69) is 69.3 Å². The first-order valence-electron chi connectivity index (χ1n) is 8.20. The second-order valence-electron chi connectivity index (χ2n) is 6.35. The van der Waals surface area contributed by atoms with E-state index in [1.54, 1.807) is 0 Å². The third kappa shape index (κ3) is 2.72. The number of benzene rings is 3. The summed E-state index contributed by atoms with van der Waals surface area (Å²) in [6, 6.07) is 21.4. The van der Waals surface area contributed by atoms with Gasteiger partial charge in [0.15, 0.2) is 0 Å². The van der Waals surface area contributed by atoms with Crippen LogP contribution in [-0.2, 0) is 0 Å². The fourth-order valence-electron chi connectivity index (χ4n) is 3.15. The Bertz CT molecular complexity index is 941. The largest absolute Gasteiger partial charge is 0.192 e. The Labute approximate surface area is 144 Å². The third-order valence-electron chi connectivity index (χ3n) is 5.02. The van der Waals surface area contributed by atoms with Crippen LogP contribution in [0.4, 0.5) is 0 Å². The summed E-state index contributed by atoms with van der Waals surface area (Å²) in [6.07, 6.45) is 0. The van der Waals surface area contributed by atoms with Gasteiger partial charge >= 0.3 is 0 Å². The minimum absolute atomic E-state index is 0.753. The molecule has 0 aliphatic carbocycles. The van der Waals surface area contributed by atoms with E-state index >= 15 is 0 Å². The molecule has 0 unspecified atom stereocenters. The number of aryl methyl sites for hydroxylation is 1. The normalized spacial score (nSPS) is 10.5. The Morgan fingerprint density at radius 2 is 1.21 bits per heavy atom. The lowest BCUT2D eigenvalue weighted by Crippen LogP contribution is -1.92. The number of rotatable bonds is 2. The van der Waals surface area contributed by atoms with Crippen molar-refractivity contribution in [3.63, 3.8) is 0 Å². The molecule has 0 aliphatic heterocycles. The van der Waals surface area contributed by atoms with Gasteiger partial charge in [0.1, 0.15) is 0 Å². The highest BCUT2D eigenvalue weighted by molar-refractivity contribution is 5.75. The fraction of sp³-hybridized carbons (Fsp3) is 0.174. The molecule has 1 nitrogen and oxygen atoms in total. The molecule has 0 heterocycles. The van der Waals surface area contributed by atoms with E-state index in [4.69, 9.17) is 5.26 Å². The average Bonchev–Trinajstić information content (AvgIpc) is 2.60. The number of nitrogens with zero attached hydrogens (tertiary/aromatic N) is 1. The first-order chi connectivity index (χ1) is 11.5. The Balaban J connectivity index is 2.04. The minimum Gasteiger partial charge on any atom is -0.192 e. The maximum Gasteiger partial charge on any atom is 0.0994 e. The predicted molar refractivity (Wildman–Crippen MR) is 101 cm³/mol. The SMILES string of the molecule is Cc1cccc(-c2ccc(-c3ccc(C#N)c(C)c3C)cc2)c1C. The summed E-state index contributed by atoms with van der Waals surface area (Å²) >= 11 is 0. The van der Waals surface area contributed by atoms with E-state index in [0.29, 0.717) is 0 Å². The lowest BCUT2D eigenvalue weighted by Gasteiger charge is -2.12. The molecule has 0 saturated heterocycles. The summed E-state index contributed by atoms with van der Waals surface area (Å²) in [5.41, 5.74) is 10.5. The second-order valence-corrected chi connectivity index (χ2v) is 6.35. The summed E-state index contributed by atoms with van der Waals surface area (Å²) in [5.74, 6) is 0. The molecule has 0 N–H and O–H groups in total. The van der Waals surface area contributed by atoms with Crippen molar-refractivity contribution in [2.75, 3.05) is 0 Å². The van der Waals surface area contributed by atoms with Crippen molar-refractivity contribution in [1.29, 1.82) is 5.26 Å². The van der Waals surface area contributed by atoms with Gasteiger partial charge in [-0.05, 0) is 78.3 Å². The zero-order valence-electron chi connectivity index (χ0n) is 14.6. The number of nitriles is 1. The highest BCUT2D eigenvalue weighted by atomic mass is 14.2. The maximum atomic E-state index is 9.17. The van der Waals surface area contributed by atoms with Crippen LogP contribution in [0, 0.1) is 39.0 Å². The quantitative estimate of drug-likeness (QED) is 0.559. The lowest BCUT2D eigenvalue weighted by molar-refractivity contribution is 1.30. The molecule has 0 spiro atoms. The summed E-state index contributed by atoms with van der Waals surface area (Å²) in [7, 11) is 0. The lowest BCUT2D eigenvalue weighted by atomic mass is 9.92. The molecule has 3 rings (SSSR count). The van der Waals surface area contributed by atoms with Crippen molar-refractivity contribution in [2.24, 2.45) is 0 Å². The fourth-order valence-corrected chi connectivity index (χ4v) is 3.15. The first-order valence-corrected chi connectivity index (χ1v) is 8.20. The number of hydrogen-bond acceptors (Lipinski definition) is 1. The smallest absolute Gasteiger partial charge is 0.0994 e. The molecule has 0 bridgehead atoms. The highest BCUT2D eigenvalue weighted by Gasteiger charge is 2.09. The van der Waals surface area contributed by atoms with Crippen LogP contribution in [0.1, 0.15) is 27.8 Å². The molecular weight excluding hydrogens is 290 g/mol. The molecule has 0 aliphatic rings. The van der Waals surface area contributed by atoms with Gasteiger partial charge in [0, 0.05) is 0 Å². The van der Waals surface area contributed by atoms with Gasteiger partial charge in [-0.2, -0.15) is 5.26 Å². The van der Waals surface area contributed by atoms with E-state index in [1.807, 2.05) is 19.1 Å². The Morgan fingerprint density at radius 3 is 1.79 bits per heavy atom. The van der Waals surface area contributed by atoms with Gasteiger partial charge in [0.05, 0.1) is 11.6 Å². The summed E-state index contributed by atoms with van der Waals surface area (Å²) in [5, 5.41) is 9.17. The zero-order chi connectivity index (χ0) is 17.3. The van der Waals surface area contributed by atoms with Crippen LogP contribution in [0.2, 0.25) is 0 Å². The minimum atomic E-state index is 0.753. The summed E-state index contributed by atoms with van der Waals surface area (Å²) < 4.78 is 0. The van der Waals surface area contributed by atoms with Gasteiger partial charge in [-0.25, -0.2) is 0 Å². The Hall–Kier alpha value is -2.85. The van der Waals surface area contributed by atoms with E-state index in [-0.39, 0.29) is 0 Å². The Morgan fingerprint density at radius 1 is 0.625 bits per heavy atom. The molecule has 0 atom stereocenters. The van der Waals surface area contributed by atoms with Gasteiger partial charge in [-0.3, -0.25) is 0 Å². The van der Waals surface area contributed by atoms with Crippen molar-refractivity contribution in [2.45, 2.75) is 27.7 Å².